The molecule has 20 heavy (non-hydrogen) atoms. The van der Waals surface area contributed by atoms with E-state index in [0.717, 1.165) is 11.6 Å². The lowest BCUT2D eigenvalue weighted by Crippen LogP contribution is -2.37. The van der Waals surface area contributed by atoms with Crippen LogP contribution < -0.4 is 16.0 Å². The number of carbonyl (C=O) groups is 2. The Bertz CT molecular complexity index is 499. The Morgan fingerprint density at radius 2 is 2.20 bits per heavy atom. The maximum atomic E-state index is 12.0. The molecule has 1 aliphatic heterocycles. The maximum absolute atomic E-state index is 12.0. The summed E-state index contributed by atoms with van der Waals surface area (Å²) in [6.45, 7) is 3.82. The van der Waals surface area contributed by atoms with E-state index in [9.17, 15) is 9.59 Å². The fraction of sp³-hybridized carbons (Fsp3) is 0.429. The number of hydrogen-bond acceptors (Lipinski definition) is 4. The molecule has 2 rings (SSSR count). The highest BCUT2D eigenvalue weighted by atomic mass is 32.2. The molecule has 1 aromatic rings. The van der Waals surface area contributed by atoms with Gasteiger partial charge in [-0.1, -0.05) is 6.07 Å². The van der Waals surface area contributed by atoms with Gasteiger partial charge in [-0.2, -0.15) is 0 Å². The van der Waals surface area contributed by atoms with Crippen LogP contribution in [0, 0.1) is 0 Å². The van der Waals surface area contributed by atoms with Crippen LogP contribution >= 0.6 is 11.8 Å². The van der Waals surface area contributed by atoms with Crippen molar-refractivity contribution in [2.75, 3.05) is 16.9 Å². The van der Waals surface area contributed by atoms with Crippen LogP contribution in [0.15, 0.2) is 24.3 Å². The maximum Gasteiger partial charge on any atom is 0.251 e. The van der Waals surface area contributed by atoms with E-state index >= 15 is 0 Å². The van der Waals surface area contributed by atoms with Gasteiger partial charge in [-0.25, -0.2) is 0 Å². The molecular weight excluding hydrogens is 274 g/mol. The molecule has 1 saturated heterocycles. The second-order valence-electron chi connectivity index (χ2n) is 4.97. The zero-order valence-corrected chi connectivity index (χ0v) is 12.4. The van der Waals surface area contributed by atoms with E-state index < -0.39 is 0 Å². The fourth-order valence-corrected chi connectivity index (χ4v) is 2.82. The molecule has 1 aromatic carbocycles. The number of amides is 2. The Balaban J connectivity index is 2.02. The molecular formula is C14H19N3O2S. The highest BCUT2D eigenvalue weighted by molar-refractivity contribution is 7.99. The van der Waals surface area contributed by atoms with E-state index in [4.69, 9.17) is 0 Å². The van der Waals surface area contributed by atoms with E-state index in [1.807, 2.05) is 13.8 Å². The summed E-state index contributed by atoms with van der Waals surface area (Å²) in [6, 6.07) is 6.90. The van der Waals surface area contributed by atoms with Gasteiger partial charge in [0.15, 0.2) is 0 Å². The van der Waals surface area contributed by atoms with Crippen LogP contribution in [-0.2, 0) is 4.79 Å². The average Bonchev–Trinajstić information content (AvgIpc) is 2.92. The van der Waals surface area contributed by atoms with Crippen molar-refractivity contribution in [3.63, 3.8) is 0 Å². The van der Waals surface area contributed by atoms with Gasteiger partial charge in [0.2, 0.25) is 5.91 Å². The lowest BCUT2D eigenvalue weighted by Gasteiger charge is -2.12. The van der Waals surface area contributed by atoms with E-state index in [0.29, 0.717) is 11.3 Å². The van der Waals surface area contributed by atoms with Gasteiger partial charge in [0.05, 0.1) is 6.04 Å². The van der Waals surface area contributed by atoms with Gasteiger partial charge in [0, 0.05) is 28.9 Å². The predicted molar refractivity (Wildman–Crippen MR) is 81.9 cm³/mol. The van der Waals surface area contributed by atoms with Crippen LogP contribution in [0.5, 0.6) is 0 Å². The van der Waals surface area contributed by atoms with Gasteiger partial charge in [-0.15, -0.1) is 11.8 Å². The summed E-state index contributed by atoms with van der Waals surface area (Å²) in [5.41, 5.74) is 1.19. The van der Waals surface area contributed by atoms with Gasteiger partial charge >= 0.3 is 0 Å². The van der Waals surface area contributed by atoms with Gasteiger partial charge in [-0.3, -0.25) is 14.9 Å². The SMILES string of the molecule is CC(C)NC(=O)c1cccc(NC(=O)C2CSCN2)c1. The number of anilines is 1. The third-order valence-corrected chi connectivity index (χ3v) is 3.78. The molecule has 6 heteroatoms. The molecule has 1 unspecified atom stereocenters. The standard InChI is InChI=1S/C14H19N3O2S/c1-9(2)16-13(18)10-4-3-5-11(6-10)17-14(19)12-7-20-8-15-12/h3-6,9,12,15H,7-8H2,1-2H3,(H,16,18)(H,17,19). The number of carbonyl (C=O) groups excluding carboxylic acids is 2. The minimum Gasteiger partial charge on any atom is -0.350 e. The molecule has 0 aromatic heterocycles. The van der Waals surface area contributed by atoms with Gasteiger partial charge < -0.3 is 10.6 Å². The number of benzene rings is 1. The number of hydrogen-bond donors (Lipinski definition) is 3. The Morgan fingerprint density at radius 3 is 2.85 bits per heavy atom. The third-order valence-electron chi connectivity index (χ3n) is 2.84. The van der Waals surface area contributed by atoms with Crippen LogP contribution in [0.25, 0.3) is 0 Å². The normalized spacial score (nSPS) is 18.1. The summed E-state index contributed by atoms with van der Waals surface area (Å²) < 4.78 is 0. The Kier molecular flexibility index (Phi) is 5.03. The van der Waals surface area contributed by atoms with Crippen molar-refractivity contribution in [3.05, 3.63) is 29.8 Å². The molecule has 0 aliphatic carbocycles. The first-order valence-electron chi connectivity index (χ1n) is 6.59. The number of nitrogens with one attached hydrogen (secondary N) is 3. The molecule has 0 bridgehead atoms. The van der Waals surface area contributed by atoms with Crippen molar-refractivity contribution in [1.82, 2.24) is 10.6 Å². The second-order valence-corrected chi connectivity index (χ2v) is 6.00. The summed E-state index contributed by atoms with van der Waals surface area (Å²) in [7, 11) is 0. The molecule has 0 spiro atoms. The summed E-state index contributed by atoms with van der Waals surface area (Å²) >= 11 is 1.70. The lowest BCUT2D eigenvalue weighted by atomic mass is 10.1. The van der Waals surface area contributed by atoms with Crippen LogP contribution in [-0.4, -0.2) is 35.5 Å². The Labute approximate surface area is 122 Å². The van der Waals surface area contributed by atoms with E-state index in [1.54, 1.807) is 36.0 Å². The van der Waals surface area contributed by atoms with Crippen molar-refractivity contribution in [3.8, 4) is 0 Å². The second kappa shape index (κ2) is 6.76. The Morgan fingerprint density at radius 1 is 1.40 bits per heavy atom. The fourth-order valence-electron chi connectivity index (χ4n) is 1.88. The van der Waals surface area contributed by atoms with E-state index in [1.165, 1.54) is 0 Å². The van der Waals surface area contributed by atoms with Crippen molar-refractivity contribution >= 4 is 29.3 Å². The minimum absolute atomic E-state index is 0.0589. The quantitative estimate of drug-likeness (QED) is 0.785. The van der Waals surface area contributed by atoms with Crippen LogP contribution in [0.2, 0.25) is 0 Å². The summed E-state index contributed by atoms with van der Waals surface area (Å²) in [6.07, 6.45) is 0. The smallest absolute Gasteiger partial charge is 0.251 e. The van der Waals surface area contributed by atoms with Gasteiger partial charge in [-0.05, 0) is 32.0 Å². The molecule has 2 amide bonds. The first-order chi connectivity index (χ1) is 9.56. The summed E-state index contributed by atoms with van der Waals surface area (Å²) in [4.78, 5) is 23.9. The van der Waals surface area contributed by atoms with Gasteiger partial charge in [0.1, 0.15) is 0 Å². The van der Waals surface area contributed by atoms with Crippen LogP contribution in [0.3, 0.4) is 0 Å². The summed E-state index contributed by atoms with van der Waals surface area (Å²) in [5.74, 6) is 1.39. The molecule has 3 N–H and O–H groups in total. The summed E-state index contributed by atoms with van der Waals surface area (Å²) in [5, 5.41) is 8.78. The average molecular weight is 293 g/mol. The molecule has 1 fully saturated rings. The van der Waals surface area contributed by atoms with E-state index in [-0.39, 0.29) is 23.9 Å². The van der Waals surface area contributed by atoms with Crippen LogP contribution in [0.1, 0.15) is 24.2 Å². The third kappa shape index (κ3) is 3.98. The molecule has 1 aliphatic rings. The lowest BCUT2D eigenvalue weighted by molar-refractivity contribution is -0.117. The first kappa shape index (κ1) is 14.9. The molecule has 1 atom stereocenters. The predicted octanol–water partition coefficient (Wildman–Crippen LogP) is 1.43. The highest BCUT2D eigenvalue weighted by Crippen LogP contribution is 2.14. The zero-order chi connectivity index (χ0) is 14.5. The topological polar surface area (TPSA) is 70.2 Å². The highest BCUT2D eigenvalue weighted by Gasteiger charge is 2.22. The van der Waals surface area contributed by atoms with Crippen molar-refractivity contribution in [1.29, 1.82) is 0 Å². The largest absolute Gasteiger partial charge is 0.350 e. The number of rotatable bonds is 4. The zero-order valence-electron chi connectivity index (χ0n) is 11.6. The monoisotopic (exact) mass is 293 g/mol. The Hall–Kier alpha value is -1.53. The van der Waals surface area contributed by atoms with Gasteiger partial charge in [0.25, 0.3) is 5.91 Å². The van der Waals surface area contributed by atoms with Crippen molar-refractivity contribution in [2.45, 2.75) is 25.9 Å². The molecule has 0 radical (unpaired) electrons. The number of thioether (sulfide) groups is 1. The minimum atomic E-state index is -0.159. The molecule has 108 valence electrons. The molecule has 0 saturated carbocycles. The molecule has 5 nitrogen and oxygen atoms in total. The van der Waals surface area contributed by atoms with E-state index in [2.05, 4.69) is 16.0 Å². The van der Waals surface area contributed by atoms with Crippen LogP contribution in [0.4, 0.5) is 5.69 Å². The van der Waals surface area contributed by atoms with Crippen molar-refractivity contribution < 1.29 is 9.59 Å². The van der Waals surface area contributed by atoms with Crippen molar-refractivity contribution in [2.24, 2.45) is 0 Å². The molecule has 1 heterocycles. The first-order valence-corrected chi connectivity index (χ1v) is 7.74.